The number of nitro benzene ring substituents is 1. The van der Waals surface area contributed by atoms with Crippen molar-refractivity contribution in [2.45, 2.75) is 70.6 Å². The summed E-state index contributed by atoms with van der Waals surface area (Å²) < 4.78 is 0. The molecule has 4 N–H and O–H groups in total. The maximum Gasteiger partial charge on any atom is 0.292 e. The van der Waals surface area contributed by atoms with Gasteiger partial charge in [0.05, 0.1) is 10.5 Å². The molecule has 0 bridgehead atoms. The van der Waals surface area contributed by atoms with E-state index in [1.807, 2.05) is 26.0 Å². The zero-order valence-corrected chi connectivity index (χ0v) is 18.0. The minimum atomic E-state index is -0.649. The van der Waals surface area contributed by atoms with Gasteiger partial charge < -0.3 is 16.2 Å². The highest BCUT2D eigenvalue weighted by Crippen LogP contribution is 2.32. The van der Waals surface area contributed by atoms with Crippen LogP contribution in [-0.4, -0.2) is 45.6 Å². The number of carbonyl (C=O) groups excluding carboxylic acids is 1. The van der Waals surface area contributed by atoms with Gasteiger partial charge in [-0.2, -0.15) is 0 Å². The molecule has 1 aromatic carbocycles. The molecule has 2 aliphatic rings. The number of likely N-dealkylation sites (tertiary alicyclic amines) is 1. The molecule has 1 saturated carbocycles. The minimum absolute atomic E-state index is 0.0801. The lowest BCUT2D eigenvalue weighted by atomic mass is 9.83. The Bertz CT molecular complexity index is 761. The van der Waals surface area contributed by atoms with Gasteiger partial charge in [-0.3, -0.25) is 19.8 Å². The molecule has 0 spiro atoms. The van der Waals surface area contributed by atoms with Gasteiger partial charge in [0.25, 0.3) is 5.69 Å². The number of piperidine rings is 1. The number of nitro groups is 1. The van der Waals surface area contributed by atoms with Crippen LogP contribution >= 0.6 is 0 Å². The first-order valence-corrected chi connectivity index (χ1v) is 10.9. The van der Waals surface area contributed by atoms with Crippen molar-refractivity contribution in [3.63, 3.8) is 0 Å². The Morgan fingerprint density at radius 1 is 1.23 bits per heavy atom. The summed E-state index contributed by atoms with van der Waals surface area (Å²) in [4.78, 5) is 24.9. The summed E-state index contributed by atoms with van der Waals surface area (Å²) in [6, 6.07) is 5.41. The number of nitrogens with one attached hydrogen (secondary N) is 1. The summed E-state index contributed by atoms with van der Waals surface area (Å²) in [5, 5.41) is 25.1. The number of rotatable bonds is 7. The average Bonchev–Trinajstić information content (AvgIpc) is 2.68. The molecule has 0 atom stereocenters. The Kier molecular flexibility index (Phi) is 6.98. The minimum Gasteiger partial charge on any atom is -0.390 e. The molecule has 8 nitrogen and oxygen atoms in total. The molecule has 3 rings (SSSR count). The molecule has 1 saturated heterocycles. The highest BCUT2D eigenvalue weighted by Gasteiger charge is 2.31. The second kappa shape index (κ2) is 9.31. The molecule has 1 aromatic rings. The molecule has 30 heavy (non-hydrogen) atoms. The van der Waals surface area contributed by atoms with Gasteiger partial charge in [0, 0.05) is 24.6 Å². The predicted molar refractivity (Wildman–Crippen MR) is 116 cm³/mol. The number of nitrogens with zero attached hydrogens (tertiary/aromatic N) is 2. The number of amides is 1. The standard InChI is InChI=1S/C22H34N4O4/c1-22(2,28)17-9-11-25(12-10-17)14-15-3-8-20(26(29)30)19(13-15)24-18-6-4-16(5-7-18)21(23)27/h3,8,13,16-18,24,28H,4-7,9-12,14H2,1-2H3,(H2,23,27). The first kappa shape index (κ1) is 22.5. The van der Waals surface area contributed by atoms with E-state index in [-0.39, 0.29) is 28.5 Å². The van der Waals surface area contributed by atoms with Crippen LogP contribution in [-0.2, 0) is 11.3 Å². The predicted octanol–water partition coefficient (Wildman–Crippen LogP) is 3.03. The lowest BCUT2D eigenvalue weighted by Gasteiger charge is -2.37. The van der Waals surface area contributed by atoms with Gasteiger partial charge in [0.2, 0.25) is 5.91 Å². The molecule has 0 radical (unpaired) electrons. The Hall–Kier alpha value is -2.19. The fourth-order valence-electron chi connectivity index (χ4n) is 4.75. The molecule has 166 valence electrons. The van der Waals surface area contributed by atoms with Gasteiger partial charge in [-0.15, -0.1) is 0 Å². The zero-order chi connectivity index (χ0) is 21.9. The Morgan fingerprint density at radius 3 is 2.40 bits per heavy atom. The van der Waals surface area contributed by atoms with Crippen molar-refractivity contribution in [3.05, 3.63) is 33.9 Å². The summed E-state index contributed by atoms with van der Waals surface area (Å²) >= 11 is 0. The molecular formula is C22H34N4O4. The molecule has 0 aromatic heterocycles. The number of anilines is 1. The van der Waals surface area contributed by atoms with Crippen LogP contribution in [0.3, 0.4) is 0 Å². The molecule has 1 amide bonds. The van der Waals surface area contributed by atoms with Gasteiger partial charge in [-0.05, 0) is 83.0 Å². The maximum atomic E-state index is 11.5. The van der Waals surface area contributed by atoms with E-state index < -0.39 is 5.60 Å². The number of aliphatic hydroxyl groups is 1. The summed E-state index contributed by atoms with van der Waals surface area (Å²) in [6.45, 7) is 6.30. The highest BCUT2D eigenvalue weighted by atomic mass is 16.6. The topological polar surface area (TPSA) is 122 Å². The van der Waals surface area contributed by atoms with Gasteiger partial charge in [0.15, 0.2) is 0 Å². The molecular weight excluding hydrogens is 384 g/mol. The molecule has 0 unspecified atom stereocenters. The van der Waals surface area contributed by atoms with E-state index in [0.717, 1.165) is 63.7 Å². The zero-order valence-electron chi connectivity index (χ0n) is 18.0. The fourth-order valence-corrected chi connectivity index (χ4v) is 4.75. The van der Waals surface area contributed by atoms with E-state index >= 15 is 0 Å². The van der Waals surface area contributed by atoms with E-state index in [9.17, 15) is 20.0 Å². The summed E-state index contributed by atoms with van der Waals surface area (Å²) in [5.74, 6) is -0.0376. The molecule has 1 heterocycles. The quantitative estimate of drug-likeness (QED) is 0.462. The van der Waals surface area contributed by atoms with Crippen LogP contribution < -0.4 is 11.1 Å². The lowest BCUT2D eigenvalue weighted by molar-refractivity contribution is -0.384. The van der Waals surface area contributed by atoms with Crippen molar-refractivity contribution in [1.29, 1.82) is 0 Å². The first-order chi connectivity index (χ1) is 14.1. The SMILES string of the molecule is CC(C)(O)C1CCN(Cc2ccc([N+](=O)[O-])c(NC3CCC(C(N)=O)CC3)c2)CC1. The Morgan fingerprint density at radius 2 is 1.87 bits per heavy atom. The normalized spacial score (nSPS) is 23.8. The Balaban J connectivity index is 1.64. The van der Waals surface area contributed by atoms with Gasteiger partial charge in [0.1, 0.15) is 5.69 Å². The number of carbonyl (C=O) groups is 1. The smallest absolute Gasteiger partial charge is 0.292 e. The highest BCUT2D eigenvalue weighted by molar-refractivity contribution is 5.76. The number of nitrogens with two attached hydrogens (primary N) is 1. The molecule has 2 fully saturated rings. The van der Waals surface area contributed by atoms with Crippen LogP contribution in [0.25, 0.3) is 0 Å². The third-order valence-electron chi connectivity index (χ3n) is 6.74. The van der Waals surface area contributed by atoms with E-state index in [1.54, 1.807) is 6.07 Å². The molecule has 1 aliphatic carbocycles. The van der Waals surface area contributed by atoms with Crippen molar-refractivity contribution in [3.8, 4) is 0 Å². The first-order valence-electron chi connectivity index (χ1n) is 10.9. The second-order valence-electron chi connectivity index (χ2n) is 9.41. The second-order valence-corrected chi connectivity index (χ2v) is 9.41. The fraction of sp³-hybridized carbons (Fsp3) is 0.682. The van der Waals surface area contributed by atoms with Crippen LogP contribution in [0.15, 0.2) is 18.2 Å². The summed E-state index contributed by atoms with van der Waals surface area (Å²) in [7, 11) is 0. The summed E-state index contributed by atoms with van der Waals surface area (Å²) in [6.07, 6.45) is 4.89. The van der Waals surface area contributed by atoms with Gasteiger partial charge in [-0.1, -0.05) is 6.07 Å². The largest absolute Gasteiger partial charge is 0.390 e. The van der Waals surface area contributed by atoms with E-state index in [4.69, 9.17) is 5.73 Å². The average molecular weight is 419 g/mol. The Labute approximate surface area is 178 Å². The number of hydrogen-bond acceptors (Lipinski definition) is 6. The molecule has 1 aliphatic heterocycles. The maximum absolute atomic E-state index is 11.5. The van der Waals surface area contributed by atoms with Crippen LogP contribution in [0, 0.1) is 22.0 Å². The molecule has 8 heteroatoms. The van der Waals surface area contributed by atoms with Crippen LogP contribution in [0.1, 0.15) is 57.9 Å². The van der Waals surface area contributed by atoms with Crippen molar-refractivity contribution >= 4 is 17.3 Å². The van der Waals surface area contributed by atoms with E-state index in [0.29, 0.717) is 11.6 Å². The van der Waals surface area contributed by atoms with E-state index in [1.165, 1.54) is 0 Å². The summed E-state index contributed by atoms with van der Waals surface area (Å²) in [5.41, 5.74) is 6.42. The van der Waals surface area contributed by atoms with Crippen LogP contribution in [0.5, 0.6) is 0 Å². The number of primary amides is 1. The van der Waals surface area contributed by atoms with Crippen molar-refractivity contribution in [2.24, 2.45) is 17.6 Å². The van der Waals surface area contributed by atoms with Crippen molar-refractivity contribution < 1.29 is 14.8 Å². The van der Waals surface area contributed by atoms with E-state index in [2.05, 4.69) is 10.2 Å². The van der Waals surface area contributed by atoms with Crippen molar-refractivity contribution in [1.82, 2.24) is 4.90 Å². The van der Waals surface area contributed by atoms with Crippen LogP contribution in [0.4, 0.5) is 11.4 Å². The third kappa shape index (κ3) is 5.70. The third-order valence-corrected chi connectivity index (χ3v) is 6.74. The van der Waals surface area contributed by atoms with Gasteiger partial charge in [-0.25, -0.2) is 0 Å². The lowest BCUT2D eigenvalue weighted by Crippen LogP contribution is -2.41. The number of hydrogen-bond donors (Lipinski definition) is 3. The monoisotopic (exact) mass is 418 g/mol. The van der Waals surface area contributed by atoms with Gasteiger partial charge >= 0.3 is 0 Å². The van der Waals surface area contributed by atoms with Crippen molar-refractivity contribution in [2.75, 3.05) is 18.4 Å². The van der Waals surface area contributed by atoms with Crippen LogP contribution in [0.2, 0.25) is 0 Å². The number of benzene rings is 1.